The molecule has 3 aromatic rings. The summed E-state index contributed by atoms with van der Waals surface area (Å²) in [7, 11) is 0. The first-order valence-electron chi connectivity index (χ1n) is 8.55. The van der Waals surface area contributed by atoms with Crippen molar-refractivity contribution >= 4 is 65.9 Å². The number of amides is 1. The Kier molecular flexibility index (Phi) is 7.52. The molecule has 30 heavy (non-hydrogen) atoms. The van der Waals surface area contributed by atoms with E-state index < -0.39 is 11.9 Å². The van der Waals surface area contributed by atoms with Crippen molar-refractivity contribution in [1.29, 1.82) is 0 Å². The molecule has 6 nitrogen and oxygen atoms in total. The maximum absolute atomic E-state index is 12.6. The quantitative estimate of drug-likeness (QED) is 0.179. The van der Waals surface area contributed by atoms with Gasteiger partial charge in [0.05, 0.1) is 21.8 Å². The number of carbonyl (C=O) groups is 2. The molecular weight excluding hydrogens is 582 g/mol. The summed E-state index contributed by atoms with van der Waals surface area (Å²) < 4.78 is 7.59. The fourth-order valence-corrected chi connectivity index (χ4v) is 4.17. The lowest BCUT2D eigenvalue weighted by atomic mass is 10.1. The molecule has 1 amide bonds. The maximum atomic E-state index is 12.6. The molecule has 0 aliphatic carbocycles. The van der Waals surface area contributed by atoms with Gasteiger partial charge in [0.2, 0.25) is 0 Å². The van der Waals surface area contributed by atoms with Crippen molar-refractivity contribution < 1.29 is 14.3 Å². The van der Waals surface area contributed by atoms with Gasteiger partial charge in [0.15, 0.2) is 5.75 Å². The predicted octanol–water partition coefficient (Wildman–Crippen LogP) is 5.66. The molecule has 0 unspecified atom stereocenters. The van der Waals surface area contributed by atoms with Crippen LogP contribution in [0.4, 0.5) is 0 Å². The Balaban J connectivity index is 1.81. The highest BCUT2D eigenvalue weighted by Crippen LogP contribution is 2.32. The molecule has 0 spiro atoms. The van der Waals surface area contributed by atoms with E-state index in [-0.39, 0.29) is 5.75 Å². The fraction of sp³-hybridized carbons (Fsp3) is 0.0476. The van der Waals surface area contributed by atoms with E-state index in [9.17, 15) is 9.59 Å². The van der Waals surface area contributed by atoms with E-state index in [4.69, 9.17) is 4.74 Å². The first-order chi connectivity index (χ1) is 14.3. The highest BCUT2D eigenvalue weighted by molar-refractivity contribution is 9.11. The molecule has 0 saturated carbocycles. The maximum Gasteiger partial charge on any atom is 0.343 e. The van der Waals surface area contributed by atoms with Gasteiger partial charge in [-0.15, -0.1) is 0 Å². The monoisotopic (exact) mass is 593 g/mol. The van der Waals surface area contributed by atoms with E-state index in [1.807, 2.05) is 13.0 Å². The number of ether oxygens (including phenoxy) is 1. The number of hydrogen-bond acceptors (Lipinski definition) is 5. The average molecular weight is 596 g/mol. The highest BCUT2D eigenvalue weighted by Gasteiger charge is 2.15. The van der Waals surface area contributed by atoms with Crippen molar-refractivity contribution in [3.05, 3.63) is 90.5 Å². The van der Waals surface area contributed by atoms with Gasteiger partial charge in [-0.25, -0.2) is 10.2 Å². The third-order valence-corrected chi connectivity index (χ3v) is 5.30. The van der Waals surface area contributed by atoms with Crippen molar-refractivity contribution in [2.24, 2.45) is 5.10 Å². The SMILES string of the molecule is Cc1cccc(C(=O)Oc2c(Br)cc(Br)cc2/C=N/NC(=O)c2cncc(Br)c2)c1. The molecule has 152 valence electrons. The first-order valence-corrected chi connectivity index (χ1v) is 10.9. The largest absolute Gasteiger partial charge is 0.421 e. The van der Waals surface area contributed by atoms with Crippen LogP contribution in [-0.2, 0) is 0 Å². The molecule has 0 saturated heterocycles. The minimum atomic E-state index is -0.499. The average Bonchev–Trinajstić information content (AvgIpc) is 2.70. The Bertz CT molecular complexity index is 1150. The molecule has 1 heterocycles. The molecule has 0 aliphatic rings. The summed E-state index contributed by atoms with van der Waals surface area (Å²) in [5.41, 5.74) is 4.66. The summed E-state index contributed by atoms with van der Waals surface area (Å²) in [6, 6.07) is 12.2. The zero-order chi connectivity index (χ0) is 21.7. The van der Waals surface area contributed by atoms with Crippen LogP contribution in [0.25, 0.3) is 0 Å². The second-order valence-electron chi connectivity index (χ2n) is 6.16. The predicted molar refractivity (Wildman–Crippen MR) is 125 cm³/mol. The molecule has 0 aliphatic heterocycles. The summed E-state index contributed by atoms with van der Waals surface area (Å²) in [4.78, 5) is 28.7. The van der Waals surface area contributed by atoms with Crippen LogP contribution < -0.4 is 10.2 Å². The van der Waals surface area contributed by atoms with Gasteiger partial charge in [-0.3, -0.25) is 9.78 Å². The smallest absolute Gasteiger partial charge is 0.343 e. The number of nitrogens with zero attached hydrogens (tertiary/aromatic N) is 2. The lowest BCUT2D eigenvalue weighted by molar-refractivity contribution is 0.0732. The Hall–Kier alpha value is -2.36. The third-order valence-electron chi connectivity index (χ3n) is 3.82. The first kappa shape index (κ1) is 22.3. The van der Waals surface area contributed by atoms with Crippen LogP contribution in [0.5, 0.6) is 5.75 Å². The minimum Gasteiger partial charge on any atom is -0.421 e. The topological polar surface area (TPSA) is 80.6 Å². The number of benzene rings is 2. The third kappa shape index (κ3) is 5.84. The Morgan fingerprint density at radius 3 is 2.57 bits per heavy atom. The number of pyridine rings is 1. The molecule has 9 heteroatoms. The Morgan fingerprint density at radius 1 is 1.03 bits per heavy atom. The molecule has 0 atom stereocenters. The fourth-order valence-electron chi connectivity index (χ4n) is 2.47. The van der Waals surface area contributed by atoms with Crippen LogP contribution >= 0.6 is 47.8 Å². The summed E-state index contributed by atoms with van der Waals surface area (Å²) in [5.74, 6) is -0.639. The molecule has 0 bridgehead atoms. The highest BCUT2D eigenvalue weighted by atomic mass is 79.9. The van der Waals surface area contributed by atoms with Crippen molar-refractivity contribution in [3.8, 4) is 5.75 Å². The number of halogens is 3. The van der Waals surface area contributed by atoms with Crippen molar-refractivity contribution in [2.45, 2.75) is 6.92 Å². The van der Waals surface area contributed by atoms with Crippen LogP contribution in [0.1, 0.15) is 31.8 Å². The molecule has 0 fully saturated rings. The van der Waals surface area contributed by atoms with E-state index in [0.29, 0.717) is 25.6 Å². The molecule has 1 aromatic heterocycles. The molecule has 2 aromatic carbocycles. The molecule has 1 N–H and O–H groups in total. The summed E-state index contributed by atoms with van der Waals surface area (Å²) in [6.07, 6.45) is 4.41. The number of nitrogens with one attached hydrogen (secondary N) is 1. The van der Waals surface area contributed by atoms with Crippen LogP contribution in [0.2, 0.25) is 0 Å². The van der Waals surface area contributed by atoms with Gasteiger partial charge in [0.1, 0.15) is 0 Å². The van der Waals surface area contributed by atoms with Crippen LogP contribution in [0.15, 0.2) is 73.4 Å². The van der Waals surface area contributed by atoms with Gasteiger partial charge in [0, 0.05) is 26.9 Å². The van der Waals surface area contributed by atoms with E-state index in [1.54, 1.807) is 42.6 Å². The van der Waals surface area contributed by atoms with Crippen LogP contribution in [0, 0.1) is 6.92 Å². The van der Waals surface area contributed by atoms with Crippen molar-refractivity contribution in [2.75, 3.05) is 0 Å². The summed E-state index contributed by atoms with van der Waals surface area (Å²) >= 11 is 10.1. The number of hydrazone groups is 1. The van der Waals surface area contributed by atoms with Crippen molar-refractivity contribution in [3.63, 3.8) is 0 Å². The lowest BCUT2D eigenvalue weighted by Crippen LogP contribution is -2.18. The van der Waals surface area contributed by atoms with Crippen molar-refractivity contribution in [1.82, 2.24) is 10.4 Å². The Labute approximate surface area is 198 Å². The van der Waals surface area contributed by atoms with E-state index in [1.165, 1.54) is 12.4 Å². The standard InChI is InChI=1S/C21H14Br3N3O3/c1-12-3-2-4-13(5-12)21(29)30-19-14(6-16(22)8-18(19)24)10-26-27-20(28)15-7-17(23)11-25-9-15/h2-11H,1H3,(H,27,28)/b26-10+. The zero-order valence-electron chi connectivity index (χ0n) is 15.5. The van der Waals surface area contributed by atoms with Crippen LogP contribution in [-0.4, -0.2) is 23.1 Å². The van der Waals surface area contributed by atoms with Gasteiger partial charge in [0.25, 0.3) is 5.91 Å². The molecule has 0 radical (unpaired) electrons. The number of rotatable bonds is 5. The number of esters is 1. The number of aromatic nitrogens is 1. The van der Waals surface area contributed by atoms with E-state index >= 15 is 0 Å². The van der Waals surface area contributed by atoms with Gasteiger partial charge >= 0.3 is 5.97 Å². The van der Waals surface area contributed by atoms with E-state index in [0.717, 1.165) is 10.0 Å². The minimum absolute atomic E-state index is 0.284. The number of aryl methyl sites for hydroxylation is 1. The van der Waals surface area contributed by atoms with Gasteiger partial charge in [-0.05, 0) is 69.1 Å². The molecule has 3 rings (SSSR count). The van der Waals surface area contributed by atoms with E-state index in [2.05, 4.69) is 63.3 Å². The van der Waals surface area contributed by atoms with Crippen LogP contribution in [0.3, 0.4) is 0 Å². The van der Waals surface area contributed by atoms with Gasteiger partial charge < -0.3 is 4.74 Å². The molecular formula is C21H14Br3N3O3. The normalized spacial score (nSPS) is 10.8. The summed E-state index contributed by atoms with van der Waals surface area (Å²) in [5, 5.41) is 3.98. The zero-order valence-corrected chi connectivity index (χ0v) is 20.3. The van der Waals surface area contributed by atoms with Gasteiger partial charge in [-0.2, -0.15) is 5.10 Å². The lowest BCUT2D eigenvalue weighted by Gasteiger charge is -2.11. The second-order valence-corrected chi connectivity index (χ2v) is 8.84. The Morgan fingerprint density at radius 2 is 1.83 bits per heavy atom. The van der Waals surface area contributed by atoms with Gasteiger partial charge in [-0.1, -0.05) is 33.6 Å². The number of carbonyl (C=O) groups excluding carboxylic acids is 2. The summed E-state index contributed by atoms with van der Waals surface area (Å²) in [6.45, 7) is 1.90. The number of hydrogen-bond donors (Lipinski definition) is 1. The second kappa shape index (κ2) is 10.1.